The second-order valence-corrected chi connectivity index (χ2v) is 6.36. The molecular weight excluding hydrogens is 242 g/mol. The van der Waals surface area contributed by atoms with Crippen molar-refractivity contribution in [3.63, 3.8) is 0 Å². The number of rotatable bonds is 5. The van der Waals surface area contributed by atoms with E-state index in [2.05, 4.69) is 47.5 Å². The summed E-state index contributed by atoms with van der Waals surface area (Å²) < 4.78 is 0. The van der Waals surface area contributed by atoms with Crippen molar-refractivity contribution in [2.75, 3.05) is 39.8 Å². The molecule has 1 saturated heterocycles. The van der Waals surface area contributed by atoms with Crippen molar-refractivity contribution in [1.82, 2.24) is 15.1 Å². The van der Waals surface area contributed by atoms with Crippen LogP contribution in [0.25, 0.3) is 0 Å². The molecule has 4 heteroatoms. The standard InChI is InChI=1S/C14H25N3S/c1-12-4-9-18-14(12)11-16(3)10-13(2)17-7-5-15-6-8-17/h4,9,13,15H,5-8,10-11H2,1-3H3. The molecular formula is C14H25N3S. The molecule has 0 radical (unpaired) electrons. The van der Waals surface area contributed by atoms with Crippen LogP contribution in [0.5, 0.6) is 0 Å². The number of hydrogen-bond donors (Lipinski definition) is 1. The summed E-state index contributed by atoms with van der Waals surface area (Å²) in [7, 11) is 2.23. The van der Waals surface area contributed by atoms with Crippen LogP contribution in [-0.2, 0) is 6.54 Å². The van der Waals surface area contributed by atoms with Crippen LogP contribution in [0.2, 0.25) is 0 Å². The average Bonchev–Trinajstić information content (AvgIpc) is 2.76. The highest BCUT2D eigenvalue weighted by Gasteiger charge is 2.18. The predicted molar refractivity (Wildman–Crippen MR) is 79.3 cm³/mol. The summed E-state index contributed by atoms with van der Waals surface area (Å²) in [5.41, 5.74) is 1.43. The molecule has 1 fully saturated rings. The maximum atomic E-state index is 3.41. The fourth-order valence-corrected chi connectivity index (χ4v) is 3.55. The largest absolute Gasteiger partial charge is 0.314 e. The van der Waals surface area contributed by atoms with Crippen LogP contribution in [0.1, 0.15) is 17.4 Å². The van der Waals surface area contributed by atoms with E-state index >= 15 is 0 Å². The smallest absolute Gasteiger partial charge is 0.0328 e. The summed E-state index contributed by atoms with van der Waals surface area (Å²) in [6.07, 6.45) is 0. The van der Waals surface area contributed by atoms with Crippen molar-refractivity contribution >= 4 is 11.3 Å². The zero-order valence-electron chi connectivity index (χ0n) is 11.8. The Balaban J connectivity index is 1.79. The fraction of sp³-hybridized carbons (Fsp3) is 0.714. The third-order valence-electron chi connectivity index (χ3n) is 3.73. The van der Waals surface area contributed by atoms with Crippen molar-refractivity contribution in [2.24, 2.45) is 0 Å². The van der Waals surface area contributed by atoms with E-state index in [1.54, 1.807) is 0 Å². The van der Waals surface area contributed by atoms with Gasteiger partial charge in [-0.05, 0) is 37.9 Å². The lowest BCUT2D eigenvalue weighted by Gasteiger charge is -2.34. The van der Waals surface area contributed by atoms with Gasteiger partial charge in [0.05, 0.1) is 0 Å². The van der Waals surface area contributed by atoms with E-state index in [0.717, 1.165) is 26.2 Å². The molecule has 1 aromatic heterocycles. The number of likely N-dealkylation sites (N-methyl/N-ethyl adjacent to an activating group) is 1. The lowest BCUT2D eigenvalue weighted by molar-refractivity contribution is 0.144. The summed E-state index contributed by atoms with van der Waals surface area (Å²) in [5, 5.41) is 5.61. The zero-order chi connectivity index (χ0) is 13.0. The Morgan fingerprint density at radius 3 is 2.78 bits per heavy atom. The maximum Gasteiger partial charge on any atom is 0.0328 e. The molecule has 0 saturated carbocycles. The molecule has 1 aliphatic rings. The van der Waals surface area contributed by atoms with Gasteiger partial charge in [0.1, 0.15) is 0 Å². The molecule has 1 atom stereocenters. The first-order chi connectivity index (χ1) is 8.66. The van der Waals surface area contributed by atoms with E-state index in [1.165, 1.54) is 23.5 Å². The molecule has 2 rings (SSSR count). The number of nitrogens with one attached hydrogen (secondary N) is 1. The van der Waals surface area contributed by atoms with Gasteiger partial charge in [-0.3, -0.25) is 9.80 Å². The van der Waals surface area contributed by atoms with Gasteiger partial charge in [-0.1, -0.05) is 0 Å². The Bertz CT molecular complexity index is 358. The van der Waals surface area contributed by atoms with Gasteiger partial charge in [-0.25, -0.2) is 0 Å². The van der Waals surface area contributed by atoms with Gasteiger partial charge in [0.15, 0.2) is 0 Å². The number of hydrogen-bond acceptors (Lipinski definition) is 4. The molecule has 0 aliphatic carbocycles. The molecule has 0 bridgehead atoms. The van der Waals surface area contributed by atoms with Crippen LogP contribution in [0.3, 0.4) is 0 Å². The quantitative estimate of drug-likeness (QED) is 0.877. The highest BCUT2D eigenvalue weighted by Crippen LogP contribution is 2.17. The van der Waals surface area contributed by atoms with Crippen LogP contribution < -0.4 is 5.32 Å². The third-order valence-corrected chi connectivity index (χ3v) is 4.74. The predicted octanol–water partition coefficient (Wildman–Crippen LogP) is 1.78. The average molecular weight is 267 g/mol. The van der Waals surface area contributed by atoms with E-state index in [0.29, 0.717) is 6.04 Å². The van der Waals surface area contributed by atoms with Crippen molar-refractivity contribution in [3.8, 4) is 0 Å². The van der Waals surface area contributed by atoms with Crippen molar-refractivity contribution in [1.29, 1.82) is 0 Å². The third kappa shape index (κ3) is 3.79. The summed E-state index contributed by atoms with van der Waals surface area (Å²) in [4.78, 5) is 6.55. The zero-order valence-corrected chi connectivity index (χ0v) is 12.6. The lowest BCUT2D eigenvalue weighted by atomic mass is 10.2. The Hall–Kier alpha value is -0.420. The van der Waals surface area contributed by atoms with Crippen molar-refractivity contribution < 1.29 is 0 Å². The van der Waals surface area contributed by atoms with E-state index < -0.39 is 0 Å². The van der Waals surface area contributed by atoms with Crippen LogP contribution in [0.15, 0.2) is 11.4 Å². The van der Waals surface area contributed by atoms with Gasteiger partial charge in [-0.2, -0.15) is 0 Å². The SMILES string of the molecule is Cc1ccsc1CN(C)CC(C)N1CCNCC1. The van der Waals surface area contributed by atoms with E-state index in [-0.39, 0.29) is 0 Å². The number of aryl methyl sites for hydroxylation is 1. The molecule has 0 amide bonds. The maximum absolute atomic E-state index is 3.41. The molecule has 102 valence electrons. The van der Waals surface area contributed by atoms with Gasteiger partial charge < -0.3 is 5.32 Å². The van der Waals surface area contributed by atoms with Gasteiger partial charge in [-0.15, -0.1) is 11.3 Å². The normalized spacial score (nSPS) is 19.3. The second kappa shape index (κ2) is 6.66. The van der Waals surface area contributed by atoms with Gasteiger partial charge in [0, 0.05) is 50.2 Å². The summed E-state index contributed by atoms with van der Waals surface area (Å²) in [5.74, 6) is 0. The Morgan fingerprint density at radius 2 is 2.17 bits per heavy atom. The molecule has 1 N–H and O–H groups in total. The van der Waals surface area contributed by atoms with Crippen molar-refractivity contribution in [2.45, 2.75) is 26.4 Å². The number of thiophene rings is 1. The Labute approximate surface area is 115 Å². The number of piperazine rings is 1. The molecule has 0 spiro atoms. The van der Waals surface area contributed by atoms with E-state index in [1.807, 2.05) is 11.3 Å². The molecule has 18 heavy (non-hydrogen) atoms. The molecule has 1 unspecified atom stereocenters. The second-order valence-electron chi connectivity index (χ2n) is 5.36. The van der Waals surface area contributed by atoms with E-state index in [9.17, 15) is 0 Å². The Kier molecular flexibility index (Phi) is 5.18. The fourth-order valence-electron chi connectivity index (χ4n) is 2.57. The van der Waals surface area contributed by atoms with Crippen LogP contribution >= 0.6 is 11.3 Å². The summed E-state index contributed by atoms with van der Waals surface area (Å²) >= 11 is 1.88. The topological polar surface area (TPSA) is 18.5 Å². The van der Waals surface area contributed by atoms with E-state index in [4.69, 9.17) is 0 Å². The van der Waals surface area contributed by atoms with Gasteiger partial charge in [0.25, 0.3) is 0 Å². The minimum absolute atomic E-state index is 0.650. The lowest BCUT2D eigenvalue weighted by Crippen LogP contribution is -2.50. The van der Waals surface area contributed by atoms with Crippen molar-refractivity contribution in [3.05, 3.63) is 21.9 Å². The van der Waals surface area contributed by atoms with Crippen LogP contribution in [0.4, 0.5) is 0 Å². The first-order valence-electron chi connectivity index (χ1n) is 6.83. The Morgan fingerprint density at radius 1 is 1.44 bits per heavy atom. The first kappa shape index (κ1) is 14.0. The highest BCUT2D eigenvalue weighted by atomic mass is 32.1. The minimum Gasteiger partial charge on any atom is -0.314 e. The van der Waals surface area contributed by atoms with Crippen LogP contribution in [0, 0.1) is 6.92 Å². The van der Waals surface area contributed by atoms with Gasteiger partial charge in [0.2, 0.25) is 0 Å². The van der Waals surface area contributed by atoms with Crippen LogP contribution in [-0.4, -0.2) is 55.6 Å². The number of nitrogens with zero attached hydrogens (tertiary/aromatic N) is 2. The summed E-state index contributed by atoms with van der Waals surface area (Å²) in [6, 6.07) is 2.87. The molecule has 3 nitrogen and oxygen atoms in total. The first-order valence-corrected chi connectivity index (χ1v) is 7.71. The highest BCUT2D eigenvalue weighted by molar-refractivity contribution is 7.10. The molecule has 1 aliphatic heterocycles. The molecule has 2 heterocycles. The molecule has 1 aromatic rings. The monoisotopic (exact) mass is 267 g/mol. The minimum atomic E-state index is 0.650. The van der Waals surface area contributed by atoms with Gasteiger partial charge >= 0.3 is 0 Å². The molecule has 0 aromatic carbocycles. The summed E-state index contributed by atoms with van der Waals surface area (Å²) in [6.45, 7) is 11.4.